The highest BCUT2D eigenvalue weighted by Gasteiger charge is 2.21. The first-order valence-electron chi connectivity index (χ1n) is 6.86. The molecular formula is C15H23N3. The van der Waals surface area contributed by atoms with Gasteiger partial charge < -0.3 is 10.6 Å². The van der Waals surface area contributed by atoms with Crippen LogP contribution in [0.1, 0.15) is 24.8 Å². The summed E-state index contributed by atoms with van der Waals surface area (Å²) < 4.78 is 0. The summed E-state index contributed by atoms with van der Waals surface area (Å²) in [6, 6.07) is 10.6. The van der Waals surface area contributed by atoms with Crippen LogP contribution in [0.4, 0.5) is 0 Å². The van der Waals surface area contributed by atoms with Gasteiger partial charge in [-0.2, -0.15) is 0 Å². The molecule has 2 rings (SSSR count). The number of benzene rings is 1. The van der Waals surface area contributed by atoms with E-state index in [9.17, 15) is 0 Å². The number of nitrogens with two attached hydrogens (primary N) is 1. The first-order chi connectivity index (χ1) is 8.75. The molecule has 18 heavy (non-hydrogen) atoms. The lowest BCUT2D eigenvalue weighted by Crippen LogP contribution is -2.41. The summed E-state index contributed by atoms with van der Waals surface area (Å²) in [4.78, 5) is 2.46. The van der Waals surface area contributed by atoms with Gasteiger partial charge in [0.05, 0.1) is 5.84 Å². The number of nitrogens with one attached hydrogen (secondary N) is 1. The van der Waals surface area contributed by atoms with Crippen LogP contribution >= 0.6 is 0 Å². The monoisotopic (exact) mass is 245 g/mol. The van der Waals surface area contributed by atoms with Crippen molar-refractivity contribution in [2.24, 2.45) is 11.7 Å². The third-order valence-electron chi connectivity index (χ3n) is 3.73. The van der Waals surface area contributed by atoms with Crippen molar-refractivity contribution in [1.29, 1.82) is 5.41 Å². The van der Waals surface area contributed by atoms with Crippen molar-refractivity contribution < 1.29 is 0 Å². The van der Waals surface area contributed by atoms with E-state index in [0.717, 1.165) is 25.9 Å². The molecule has 3 N–H and O–H groups in total. The number of nitrogens with zero attached hydrogens (tertiary/aromatic N) is 1. The molecule has 0 bridgehead atoms. The maximum atomic E-state index is 7.54. The number of amidine groups is 1. The predicted molar refractivity (Wildman–Crippen MR) is 75.8 cm³/mol. The highest BCUT2D eigenvalue weighted by Crippen LogP contribution is 2.16. The second-order valence-corrected chi connectivity index (χ2v) is 5.18. The number of likely N-dealkylation sites (tertiary alicyclic amines) is 1. The molecule has 1 aromatic rings. The Bertz CT molecular complexity index is 375. The lowest BCUT2D eigenvalue weighted by Gasteiger charge is -2.32. The van der Waals surface area contributed by atoms with Crippen LogP contribution in [0.3, 0.4) is 0 Å². The normalized spacial score (nSPS) is 20.8. The highest BCUT2D eigenvalue weighted by atomic mass is 15.1. The van der Waals surface area contributed by atoms with E-state index in [-0.39, 0.29) is 5.92 Å². The van der Waals surface area contributed by atoms with Crippen LogP contribution < -0.4 is 5.73 Å². The molecule has 1 heterocycles. The van der Waals surface area contributed by atoms with E-state index in [1.165, 1.54) is 24.9 Å². The minimum Gasteiger partial charge on any atom is -0.387 e. The van der Waals surface area contributed by atoms with E-state index in [0.29, 0.717) is 5.84 Å². The van der Waals surface area contributed by atoms with Crippen LogP contribution in [0.2, 0.25) is 0 Å². The summed E-state index contributed by atoms with van der Waals surface area (Å²) in [6.45, 7) is 3.27. The predicted octanol–water partition coefficient (Wildman–Crippen LogP) is 2.27. The molecule has 0 saturated carbocycles. The van der Waals surface area contributed by atoms with Crippen LogP contribution in [-0.2, 0) is 6.42 Å². The largest absolute Gasteiger partial charge is 0.387 e. The van der Waals surface area contributed by atoms with Gasteiger partial charge in [0.15, 0.2) is 0 Å². The van der Waals surface area contributed by atoms with Gasteiger partial charge in [-0.1, -0.05) is 30.3 Å². The topological polar surface area (TPSA) is 53.1 Å². The fourth-order valence-corrected chi connectivity index (χ4v) is 2.66. The quantitative estimate of drug-likeness (QED) is 0.617. The lowest BCUT2D eigenvalue weighted by molar-refractivity contribution is 0.201. The molecule has 0 aromatic heterocycles. The van der Waals surface area contributed by atoms with Gasteiger partial charge in [0.1, 0.15) is 0 Å². The molecule has 0 amide bonds. The van der Waals surface area contributed by atoms with Crippen LogP contribution in [0.25, 0.3) is 0 Å². The van der Waals surface area contributed by atoms with Gasteiger partial charge in [0.2, 0.25) is 0 Å². The zero-order valence-electron chi connectivity index (χ0n) is 10.9. The number of hydrogen-bond acceptors (Lipinski definition) is 2. The molecule has 3 nitrogen and oxygen atoms in total. The lowest BCUT2D eigenvalue weighted by atomic mass is 9.97. The Balaban J connectivity index is 1.72. The van der Waals surface area contributed by atoms with Gasteiger partial charge >= 0.3 is 0 Å². The highest BCUT2D eigenvalue weighted by molar-refractivity contribution is 5.79. The van der Waals surface area contributed by atoms with Crippen LogP contribution in [0.15, 0.2) is 30.3 Å². The van der Waals surface area contributed by atoms with Crippen LogP contribution in [-0.4, -0.2) is 30.4 Å². The summed E-state index contributed by atoms with van der Waals surface area (Å²) in [5, 5.41) is 7.54. The minimum absolute atomic E-state index is 0.287. The SMILES string of the molecule is N=C(N)C1CCCN(CCCc2ccccc2)C1. The molecule has 1 unspecified atom stereocenters. The molecule has 98 valence electrons. The molecule has 0 spiro atoms. The molecule has 1 aromatic carbocycles. The van der Waals surface area contributed by atoms with Crippen molar-refractivity contribution in [2.75, 3.05) is 19.6 Å². The molecule has 1 atom stereocenters. The number of piperidine rings is 1. The Morgan fingerprint density at radius 1 is 1.33 bits per heavy atom. The molecular weight excluding hydrogens is 222 g/mol. The first-order valence-corrected chi connectivity index (χ1v) is 6.86. The van der Waals surface area contributed by atoms with E-state index in [1.807, 2.05) is 0 Å². The Morgan fingerprint density at radius 2 is 2.11 bits per heavy atom. The van der Waals surface area contributed by atoms with Crippen molar-refractivity contribution in [3.63, 3.8) is 0 Å². The molecule has 1 saturated heterocycles. The van der Waals surface area contributed by atoms with Crippen molar-refractivity contribution >= 4 is 5.84 Å². The molecule has 3 heteroatoms. The minimum atomic E-state index is 0.287. The summed E-state index contributed by atoms with van der Waals surface area (Å²) in [5.74, 6) is 0.651. The first kappa shape index (κ1) is 13.1. The van der Waals surface area contributed by atoms with E-state index < -0.39 is 0 Å². The Hall–Kier alpha value is -1.35. The maximum absolute atomic E-state index is 7.54. The number of hydrogen-bond donors (Lipinski definition) is 2. The maximum Gasteiger partial charge on any atom is 0.0949 e. The van der Waals surface area contributed by atoms with Crippen LogP contribution in [0.5, 0.6) is 0 Å². The second-order valence-electron chi connectivity index (χ2n) is 5.18. The average Bonchev–Trinajstić information content (AvgIpc) is 2.40. The molecule has 1 aliphatic rings. The van der Waals surface area contributed by atoms with Crippen LogP contribution in [0, 0.1) is 11.3 Å². The van der Waals surface area contributed by atoms with E-state index in [1.54, 1.807) is 0 Å². The van der Waals surface area contributed by atoms with Crippen molar-refractivity contribution in [2.45, 2.75) is 25.7 Å². The standard InChI is InChI=1S/C15H23N3/c16-15(17)14-9-5-11-18(12-14)10-4-8-13-6-2-1-3-7-13/h1-3,6-7,14H,4-5,8-12H2,(H3,16,17). The van der Waals surface area contributed by atoms with E-state index in [4.69, 9.17) is 11.1 Å². The number of rotatable bonds is 5. The Labute approximate surface area is 109 Å². The zero-order chi connectivity index (χ0) is 12.8. The van der Waals surface area contributed by atoms with Gasteiger partial charge in [-0.3, -0.25) is 5.41 Å². The summed E-state index contributed by atoms with van der Waals surface area (Å²) in [6.07, 6.45) is 4.59. The second kappa shape index (κ2) is 6.55. The van der Waals surface area contributed by atoms with Gasteiger partial charge in [0.25, 0.3) is 0 Å². The average molecular weight is 245 g/mol. The summed E-state index contributed by atoms with van der Waals surface area (Å²) in [7, 11) is 0. The zero-order valence-corrected chi connectivity index (χ0v) is 10.9. The fraction of sp³-hybridized carbons (Fsp3) is 0.533. The molecule has 1 fully saturated rings. The Morgan fingerprint density at radius 3 is 2.83 bits per heavy atom. The molecule has 0 radical (unpaired) electrons. The van der Waals surface area contributed by atoms with Crippen molar-refractivity contribution in [1.82, 2.24) is 4.90 Å². The molecule has 0 aliphatic carbocycles. The summed E-state index contributed by atoms with van der Waals surface area (Å²) in [5.41, 5.74) is 7.02. The van der Waals surface area contributed by atoms with Gasteiger partial charge in [0, 0.05) is 12.5 Å². The molecule has 1 aliphatic heterocycles. The van der Waals surface area contributed by atoms with Crippen molar-refractivity contribution in [3.8, 4) is 0 Å². The third-order valence-corrected chi connectivity index (χ3v) is 3.73. The van der Waals surface area contributed by atoms with Gasteiger partial charge in [-0.25, -0.2) is 0 Å². The Kier molecular flexibility index (Phi) is 4.76. The fourth-order valence-electron chi connectivity index (χ4n) is 2.66. The van der Waals surface area contributed by atoms with E-state index >= 15 is 0 Å². The number of aryl methyl sites for hydroxylation is 1. The smallest absolute Gasteiger partial charge is 0.0949 e. The van der Waals surface area contributed by atoms with Gasteiger partial charge in [-0.15, -0.1) is 0 Å². The van der Waals surface area contributed by atoms with Crippen molar-refractivity contribution in [3.05, 3.63) is 35.9 Å². The third kappa shape index (κ3) is 3.84. The van der Waals surface area contributed by atoms with E-state index in [2.05, 4.69) is 35.2 Å². The summed E-state index contributed by atoms with van der Waals surface area (Å²) >= 11 is 0. The van der Waals surface area contributed by atoms with Gasteiger partial charge in [-0.05, 0) is 44.3 Å².